The molecular weight excluding hydrogens is 567 g/mol. The Morgan fingerprint density at radius 3 is 2.23 bits per heavy atom. The quantitative estimate of drug-likeness (QED) is 0.272. The van der Waals surface area contributed by atoms with Crippen molar-refractivity contribution >= 4 is 11.6 Å². The van der Waals surface area contributed by atoms with Gasteiger partial charge in [0.2, 0.25) is 0 Å². The molecule has 1 aromatic carbocycles. The van der Waals surface area contributed by atoms with E-state index in [1.165, 1.54) is 26.0 Å². The SMILES string of the molecule is COc1ccc(-c2nc3c(C(=O)N(CCN(C)C(CO)c4cnc(OC)nc4)C(C)C)cnn3c(C(F)(F)F)c2C)cc1. The van der Waals surface area contributed by atoms with E-state index in [-0.39, 0.29) is 47.7 Å². The van der Waals surface area contributed by atoms with Crippen LogP contribution < -0.4 is 9.47 Å². The smallest absolute Gasteiger partial charge is 0.433 e. The number of aliphatic hydroxyl groups is 1. The Balaban J connectivity index is 1.68. The number of likely N-dealkylation sites (N-methyl/N-ethyl adjacent to an activating group) is 1. The first-order valence-electron chi connectivity index (χ1n) is 13.5. The number of alkyl halides is 3. The first-order valence-corrected chi connectivity index (χ1v) is 13.5. The monoisotopic (exact) mass is 601 g/mol. The summed E-state index contributed by atoms with van der Waals surface area (Å²) in [5, 5.41) is 14.0. The van der Waals surface area contributed by atoms with Crippen LogP contribution in [0.5, 0.6) is 11.8 Å². The van der Waals surface area contributed by atoms with Gasteiger partial charge in [-0.2, -0.15) is 18.3 Å². The van der Waals surface area contributed by atoms with Crippen LogP contribution in [0.15, 0.2) is 42.9 Å². The number of amides is 1. The summed E-state index contributed by atoms with van der Waals surface area (Å²) >= 11 is 0. The van der Waals surface area contributed by atoms with Crippen LogP contribution in [0.3, 0.4) is 0 Å². The molecule has 11 nitrogen and oxygen atoms in total. The minimum atomic E-state index is -4.76. The van der Waals surface area contributed by atoms with E-state index in [0.29, 0.717) is 27.9 Å². The summed E-state index contributed by atoms with van der Waals surface area (Å²) in [6.45, 7) is 5.27. The maximum absolute atomic E-state index is 14.3. The Labute approximate surface area is 246 Å². The van der Waals surface area contributed by atoms with Crippen molar-refractivity contribution < 1.29 is 32.5 Å². The standard InChI is InChI=1S/C29H34F3N7O4/c1-17(2)38(12-11-37(4)23(16-40)20-13-33-28(43-6)34-14-20)27(41)22-15-35-39-25(29(30,31)32)18(3)24(36-26(22)39)19-7-9-21(42-5)10-8-19/h7-10,13-15,17,23,40H,11-12,16H2,1-6H3. The van der Waals surface area contributed by atoms with Crippen LogP contribution in [0.25, 0.3) is 16.9 Å². The molecular formula is C29H34F3N7O4. The normalized spacial score (nSPS) is 12.7. The highest BCUT2D eigenvalue weighted by Crippen LogP contribution is 2.37. The van der Waals surface area contributed by atoms with Crippen molar-refractivity contribution in [3.63, 3.8) is 0 Å². The predicted octanol–water partition coefficient (Wildman–Crippen LogP) is 4.05. The summed E-state index contributed by atoms with van der Waals surface area (Å²) in [6, 6.07) is 5.92. The fourth-order valence-electron chi connectivity index (χ4n) is 4.86. The summed E-state index contributed by atoms with van der Waals surface area (Å²) in [7, 11) is 4.73. The zero-order valence-electron chi connectivity index (χ0n) is 24.8. The number of rotatable bonds is 11. The van der Waals surface area contributed by atoms with Crippen molar-refractivity contribution in [1.82, 2.24) is 34.4 Å². The van der Waals surface area contributed by atoms with Crippen LogP contribution in [-0.4, -0.2) is 92.4 Å². The highest BCUT2D eigenvalue weighted by molar-refractivity contribution is 6.00. The van der Waals surface area contributed by atoms with Crippen molar-refractivity contribution in [2.75, 3.05) is 41.0 Å². The van der Waals surface area contributed by atoms with E-state index < -0.39 is 23.8 Å². The fraction of sp³-hybridized carbons (Fsp3) is 0.414. The Hall–Kier alpha value is -4.30. The third kappa shape index (κ3) is 6.54. The van der Waals surface area contributed by atoms with Crippen molar-refractivity contribution in [2.24, 2.45) is 0 Å². The molecule has 0 aliphatic rings. The lowest BCUT2D eigenvalue weighted by Gasteiger charge is -2.31. The average molecular weight is 602 g/mol. The molecule has 1 unspecified atom stereocenters. The number of aliphatic hydroxyl groups excluding tert-OH is 1. The summed E-state index contributed by atoms with van der Waals surface area (Å²) in [6.07, 6.45) is -0.523. The second-order valence-electron chi connectivity index (χ2n) is 10.2. The third-order valence-corrected chi connectivity index (χ3v) is 7.24. The second-order valence-corrected chi connectivity index (χ2v) is 10.2. The van der Waals surface area contributed by atoms with Gasteiger partial charge in [-0.1, -0.05) is 0 Å². The van der Waals surface area contributed by atoms with Crippen LogP contribution >= 0.6 is 0 Å². The summed E-state index contributed by atoms with van der Waals surface area (Å²) in [5.41, 5.74) is -0.208. The molecule has 1 amide bonds. The molecule has 1 atom stereocenters. The number of fused-ring (bicyclic) bond motifs is 1. The number of methoxy groups -OCH3 is 2. The molecule has 0 aliphatic heterocycles. The molecule has 0 radical (unpaired) electrons. The van der Waals surface area contributed by atoms with Crippen molar-refractivity contribution in [3.8, 4) is 23.0 Å². The van der Waals surface area contributed by atoms with Gasteiger partial charge < -0.3 is 19.5 Å². The Morgan fingerprint density at radius 1 is 1.05 bits per heavy atom. The van der Waals surface area contributed by atoms with E-state index in [0.717, 1.165) is 6.20 Å². The lowest BCUT2D eigenvalue weighted by molar-refractivity contribution is -0.143. The summed E-state index contributed by atoms with van der Waals surface area (Å²) < 4.78 is 53.9. The van der Waals surface area contributed by atoms with E-state index in [1.54, 1.807) is 43.7 Å². The first-order chi connectivity index (χ1) is 20.4. The number of carbonyl (C=O) groups is 1. The maximum Gasteiger partial charge on any atom is 0.433 e. The molecule has 0 bridgehead atoms. The van der Waals surface area contributed by atoms with Gasteiger partial charge in [0.05, 0.1) is 38.8 Å². The van der Waals surface area contributed by atoms with Crippen LogP contribution in [0.4, 0.5) is 13.2 Å². The molecule has 0 saturated heterocycles. The number of hydrogen-bond acceptors (Lipinski definition) is 9. The van der Waals surface area contributed by atoms with Gasteiger partial charge in [0.1, 0.15) is 11.3 Å². The molecule has 4 rings (SSSR count). The van der Waals surface area contributed by atoms with Gasteiger partial charge in [-0.15, -0.1) is 0 Å². The molecule has 0 saturated carbocycles. The summed E-state index contributed by atoms with van der Waals surface area (Å²) in [5.74, 6) is 0.0242. The number of carbonyl (C=O) groups excluding carboxylic acids is 1. The minimum absolute atomic E-state index is 0.0566. The number of hydrogen-bond donors (Lipinski definition) is 1. The molecule has 0 aliphatic carbocycles. The van der Waals surface area contributed by atoms with Crippen LogP contribution in [0.2, 0.25) is 0 Å². The third-order valence-electron chi connectivity index (χ3n) is 7.24. The largest absolute Gasteiger partial charge is 0.497 e. The van der Waals surface area contributed by atoms with Crippen molar-refractivity contribution in [1.29, 1.82) is 0 Å². The van der Waals surface area contributed by atoms with Gasteiger partial charge in [-0.3, -0.25) is 9.69 Å². The van der Waals surface area contributed by atoms with Gasteiger partial charge in [0.15, 0.2) is 11.3 Å². The Morgan fingerprint density at radius 2 is 1.70 bits per heavy atom. The molecule has 0 fully saturated rings. The molecule has 4 aromatic rings. The Bertz CT molecular complexity index is 1560. The molecule has 3 heterocycles. The Kier molecular flexibility index (Phi) is 9.50. The fourth-order valence-corrected chi connectivity index (χ4v) is 4.86. The van der Waals surface area contributed by atoms with Gasteiger partial charge in [0, 0.05) is 48.2 Å². The van der Waals surface area contributed by atoms with Gasteiger partial charge >= 0.3 is 12.2 Å². The zero-order chi connectivity index (χ0) is 31.5. The van der Waals surface area contributed by atoms with Crippen LogP contribution in [0.1, 0.15) is 47.1 Å². The summed E-state index contributed by atoms with van der Waals surface area (Å²) in [4.78, 5) is 30.0. The zero-order valence-corrected chi connectivity index (χ0v) is 24.8. The van der Waals surface area contributed by atoms with Gasteiger partial charge in [-0.05, 0) is 52.1 Å². The van der Waals surface area contributed by atoms with E-state index >= 15 is 0 Å². The molecule has 230 valence electrons. The van der Waals surface area contributed by atoms with Crippen molar-refractivity contribution in [2.45, 2.75) is 39.0 Å². The molecule has 43 heavy (non-hydrogen) atoms. The number of benzene rings is 1. The number of nitrogens with zero attached hydrogens (tertiary/aromatic N) is 7. The van der Waals surface area contributed by atoms with E-state index in [9.17, 15) is 23.1 Å². The van der Waals surface area contributed by atoms with E-state index in [4.69, 9.17) is 9.47 Å². The highest BCUT2D eigenvalue weighted by Gasteiger charge is 2.39. The highest BCUT2D eigenvalue weighted by atomic mass is 19.4. The molecule has 14 heteroatoms. The topological polar surface area (TPSA) is 118 Å². The van der Waals surface area contributed by atoms with Gasteiger partial charge in [0.25, 0.3) is 5.91 Å². The lowest BCUT2D eigenvalue weighted by Crippen LogP contribution is -2.43. The van der Waals surface area contributed by atoms with Crippen LogP contribution in [-0.2, 0) is 6.18 Å². The van der Waals surface area contributed by atoms with E-state index in [1.807, 2.05) is 18.7 Å². The van der Waals surface area contributed by atoms with Crippen molar-refractivity contribution in [3.05, 3.63) is 65.2 Å². The minimum Gasteiger partial charge on any atom is -0.497 e. The number of ether oxygens (including phenoxy) is 2. The number of aromatic nitrogens is 5. The lowest BCUT2D eigenvalue weighted by atomic mass is 10.0. The molecule has 0 spiro atoms. The first kappa shape index (κ1) is 31.6. The maximum atomic E-state index is 14.3. The van der Waals surface area contributed by atoms with Crippen LogP contribution in [0, 0.1) is 6.92 Å². The molecule has 1 N–H and O–H groups in total. The van der Waals surface area contributed by atoms with E-state index in [2.05, 4.69) is 20.1 Å². The molecule has 3 aromatic heterocycles. The second kappa shape index (κ2) is 12.9. The average Bonchev–Trinajstić information content (AvgIpc) is 3.39. The van der Waals surface area contributed by atoms with Gasteiger partial charge in [-0.25, -0.2) is 19.5 Å². The number of halogens is 3. The predicted molar refractivity (Wildman–Crippen MR) is 152 cm³/mol.